The van der Waals surface area contributed by atoms with Crippen molar-refractivity contribution >= 4 is 22.4 Å². The molecule has 1 saturated carbocycles. The summed E-state index contributed by atoms with van der Waals surface area (Å²) in [5.74, 6) is 0.136. The number of aromatic hydroxyl groups is 1. The van der Waals surface area contributed by atoms with Crippen LogP contribution >= 0.6 is 11.3 Å². The summed E-state index contributed by atoms with van der Waals surface area (Å²) in [5.41, 5.74) is 1.15. The van der Waals surface area contributed by atoms with E-state index in [2.05, 4.69) is 15.5 Å². The van der Waals surface area contributed by atoms with Crippen molar-refractivity contribution in [1.29, 1.82) is 0 Å². The highest BCUT2D eigenvalue weighted by atomic mass is 32.1. The average Bonchev–Trinajstić information content (AvgIpc) is 3.10. The maximum atomic E-state index is 12.0. The number of carbonyl (C=O) groups is 1. The number of nitrogens with zero attached hydrogens (tertiary/aromatic N) is 2. The van der Waals surface area contributed by atoms with Crippen molar-refractivity contribution in [2.75, 3.05) is 5.32 Å². The van der Waals surface area contributed by atoms with Crippen molar-refractivity contribution in [3.63, 3.8) is 0 Å². The lowest BCUT2D eigenvalue weighted by molar-refractivity contribution is 0.102. The molecular weight excluding hydrogens is 262 g/mol. The lowest BCUT2D eigenvalue weighted by atomic mass is 10.1. The Bertz CT molecular complexity index is 635. The van der Waals surface area contributed by atoms with Gasteiger partial charge in [0.25, 0.3) is 5.91 Å². The van der Waals surface area contributed by atoms with Gasteiger partial charge >= 0.3 is 0 Å². The molecule has 3 rings (SSSR count). The second-order valence-electron chi connectivity index (χ2n) is 4.69. The number of hydrogen-bond acceptors (Lipinski definition) is 5. The quantitative estimate of drug-likeness (QED) is 0.903. The first-order valence-electron chi connectivity index (χ1n) is 6.08. The second kappa shape index (κ2) is 4.62. The van der Waals surface area contributed by atoms with Crippen LogP contribution in [0.25, 0.3) is 0 Å². The third kappa shape index (κ3) is 2.58. The van der Waals surface area contributed by atoms with Crippen molar-refractivity contribution in [3.8, 4) is 5.75 Å². The van der Waals surface area contributed by atoms with E-state index in [1.807, 2.05) is 6.92 Å². The summed E-state index contributed by atoms with van der Waals surface area (Å²) in [5, 5.41) is 21.9. The molecule has 0 spiro atoms. The monoisotopic (exact) mass is 275 g/mol. The average molecular weight is 275 g/mol. The number of benzene rings is 1. The SMILES string of the molecule is Cc1ccc(C(=O)Nc2nnc(C3CC3)s2)c(O)c1. The van der Waals surface area contributed by atoms with Gasteiger partial charge in [-0.05, 0) is 37.5 Å². The number of aryl methyl sites for hydroxylation is 1. The van der Waals surface area contributed by atoms with E-state index in [1.165, 1.54) is 11.3 Å². The van der Waals surface area contributed by atoms with Gasteiger partial charge in [-0.25, -0.2) is 0 Å². The first-order valence-corrected chi connectivity index (χ1v) is 6.89. The van der Waals surface area contributed by atoms with Crippen LogP contribution in [-0.4, -0.2) is 21.2 Å². The van der Waals surface area contributed by atoms with Gasteiger partial charge in [0.2, 0.25) is 5.13 Å². The molecule has 0 radical (unpaired) electrons. The molecule has 0 atom stereocenters. The van der Waals surface area contributed by atoms with Crippen LogP contribution < -0.4 is 5.32 Å². The fraction of sp³-hybridized carbons (Fsp3) is 0.308. The normalized spacial score (nSPS) is 14.4. The first kappa shape index (κ1) is 12.1. The van der Waals surface area contributed by atoms with Crippen LogP contribution in [0.3, 0.4) is 0 Å². The summed E-state index contributed by atoms with van der Waals surface area (Å²) in [7, 11) is 0. The molecule has 1 aliphatic rings. The number of phenols is 1. The van der Waals surface area contributed by atoms with Crippen molar-refractivity contribution in [3.05, 3.63) is 34.3 Å². The Morgan fingerprint density at radius 2 is 2.21 bits per heavy atom. The Balaban J connectivity index is 1.76. The summed E-state index contributed by atoms with van der Waals surface area (Å²) in [6.07, 6.45) is 2.31. The van der Waals surface area contributed by atoms with E-state index in [0.717, 1.165) is 23.4 Å². The molecule has 1 heterocycles. The second-order valence-corrected chi connectivity index (χ2v) is 5.70. The van der Waals surface area contributed by atoms with Crippen LogP contribution in [0.5, 0.6) is 5.75 Å². The molecule has 1 aromatic heterocycles. The highest BCUT2D eigenvalue weighted by Gasteiger charge is 2.27. The van der Waals surface area contributed by atoms with Crippen molar-refractivity contribution in [2.24, 2.45) is 0 Å². The van der Waals surface area contributed by atoms with Gasteiger partial charge < -0.3 is 5.11 Å². The Morgan fingerprint density at radius 1 is 1.42 bits per heavy atom. The van der Waals surface area contributed by atoms with Crippen LogP contribution in [0, 0.1) is 6.92 Å². The van der Waals surface area contributed by atoms with E-state index in [-0.39, 0.29) is 17.2 Å². The summed E-state index contributed by atoms with van der Waals surface area (Å²) >= 11 is 1.40. The molecule has 98 valence electrons. The number of rotatable bonds is 3. The minimum atomic E-state index is -0.365. The molecular formula is C13H13N3O2S. The third-order valence-corrected chi connectivity index (χ3v) is 3.99. The minimum Gasteiger partial charge on any atom is -0.507 e. The zero-order valence-corrected chi connectivity index (χ0v) is 11.2. The molecule has 19 heavy (non-hydrogen) atoms. The van der Waals surface area contributed by atoms with Gasteiger partial charge in [0.15, 0.2) is 0 Å². The topological polar surface area (TPSA) is 75.1 Å². The number of nitrogens with one attached hydrogen (secondary N) is 1. The summed E-state index contributed by atoms with van der Waals surface area (Å²) < 4.78 is 0. The summed E-state index contributed by atoms with van der Waals surface area (Å²) in [6, 6.07) is 4.94. The Labute approximate surface area is 114 Å². The third-order valence-electron chi connectivity index (χ3n) is 2.99. The van der Waals surface area contributed by atoms with Crippen molar-refractivity contribution < 1.29 is 9.90 Å². The van der Waals surface area contributed by atoms with E-state index in [0.29, 0.717) is 11.0 Å². The van der Waals surface area contributed by atoms with Crippen LogP contribution in [0.2, 0.25) is 0 Å². The van der Waals surface area contributed by atoms with Gasteiger partial charge in [-0.15, -0.1) is 10.2 Å². The molecule has 5 nitrogen and oxygen atoms in total. The maximum absolute atomic E-state index is 12.0. The highest BCUT2D eigenvalue weighted by Crippen LogP contribution is 2.42. The highest BCUT2D eigenvalue weighted by molar-refractivity contribution is 7.15. The van der Waals surface area contributed by atoms with E-state index in [4.69, 9.17) is 0 Å². The first-order chi connectivity index (χ1) is 9.13. The lowest BCUT2D eigenvalue weighted by Gasteiger charge is -2.04. The van der Waals surface area contributed by atoms with Crippen LogP contribution in [0.4, 0.5) is 5.13 Å². The number of phenolic OH excluding ortho intramolecular Hbond substituents is 1. The Hall–Kier alpha value is -1.95. The van der Waals surface area contributed by atoms with E-state index < -0.39 is 0 Å². The predicted octanol–water partition coefficient (Wildman–Crippen LogP) is 2.68. The zero-order valence-electron chi connectivity index (χ0n) is 10.4. The van der Waals surface area contributed by atoms with E-state index >= 15 is 0 Å². The maximum Gasteiger partial charge on any atom is 0.261 e. The van der Waals surface area contributed by atoms with Gasteiger partial charge in [-0.1, -0.05) is 17.4 Å². The standard InChI is InChI=1S/C13H13N3O2S/c1-7-2-5-9(10(17)6-7)11(18)14-13-16-15-12(19-13)8-3-4-8/h2,5-6,8,17H,3-4H2,1H3,(H,14,16,18). The molecule has 0 bridgehead atoms. The molecule has 1 amide bonds. The number of hydrogen-bond donors (Lipinski definition) is 2. The molecule has 0 unspecified atom stereocenters. The van der Waals surface area contributed by atoms with Crippen LogP contribution in [0.15, 0.2) is 18.2 Å². The van der Waals surface area contributed by atoms with Crippen molar-refractivity contribution in [2.45, 2.75) is 25.7 Å². The smallest absolute Gasteiger partial charge is 0.261 e. The zero-order chi connectivity index (χ0) is 13.4. The van der Waals surface area contributed by atoms with Gasteiger partial charge in [-0.2, -0.15) is 0 Å². The Kier molecular flexibility index (Phi) is 2.94. The van der Waals surface area contributed by atoms with Crippen molar-refractivity contribution in [1.82, 2.24) is 10.2 Å². The minimum absolute atomic E-state index is 0.0237. The predicted molar refractivity (Wildman–Crippen MR) is 72.7 cm³/mol. The number of anilines is 1. The molecule has 2 N–H and O–H groups in total. The summed E-state index contributed by atoms with van der Waals surface area (Å²) in [6.45, 7) is 1.86. The molecule has 1 aliphatic carbocycles. The molecule has 2 aromatic rings. The van der Waals surface area contributed by atoms with E-state index in [9.17, 15) is 9.90 Å². The number of amides is 1. The summed E-state index contributed by atoms with van der Waals surface area (Å²) in [4.78, 5) is 12.0. The van der Waals surface area contributed by atoms with Gasteiger partial charge in [0.1, 0.15) is 10.8 Å². The number of aromatic nitrogens is 2. The van der Waals surface area contributed by atoms with Gasteiger partial charge in [0.05, 0.1) is 5.56 Å². The van der Waals surface area contributed by atoms with Gasteiger partial charge in [0, 0.05) is 5.92 Å². The molecule has 6 heteroatoms. The van der Waals surface area contributed by atoms with Crippen LogP contribution in [0.1, 0.15) is 39.7 Å². The number of carbonyl (C=O) groups excluding carboxylic acids is 1. The fourth-order valence-corrected chi connectivity index (χ4v) is 2.69. The molecule has 1 aromatic carbocycles. The largest absolute Gasteiger partial charge is 0.507 e. The van der Waals surface area contributed by atoms with Gasteiger partial charge in [-0.3, -0.25) is 10.1 Å². The Morgan fingerprint density at radius 3 is 2.89 bits per heavy atom. The molecule has 1 fully saturated rings. The molecule has 0 saturated heterocycles. The fourth-order valence-electron chi connectivity index (χ4n) is 1.78. The van der Waals surface area contributed by atoms with Crippen LogP contribution in [-0.2, 0) is 0 Å². The molecule has 0 aliphatic heterocycles. The van der Waals surface area contributed by atoms with E-state index in [1.54, 1.807) is 18.2 Å². The lowest BCUT2D eigenvalue weighted by Crippen LogP contribution is -2.11.